The number of rotatable bonds is 9. The summed E-state index contributed by atoms with van der Waals surface area (Å²) in [6.45, 7) is 16.2. The van der Waals surface area contributed by atoms with Gasteiger partial charge in [0.25, 0.3) is 0 Å². The van der Waals surface area contributed by atoms with Gasteiger partial charge in [0.2, 0.25) is 0 Å². The Morgan fingerprint density at radius 3 is 2.88 bits per heavy atom. The first kappa shape index (κ1) is 30.3. The third-order valence-corrected chi connectivity index (χ3v) is 6.86. The Bertz CT molecular complexity index is 1330. The van der Waals surface area contributed by atoms with Crippen molar-refractivity contribution in [2.75, 3.05) is 31.5 Å². The molecule has 0 radical (unpaired) electrons. The highest BCUT2D eigenvalue weighted by Crippen LogP contribution is 2.35. The molecule has 3 rings (SSSR count). The molecule has 9 heteroatoms. The topological polar surface area (TPSA) is 112 Å². The van der Waals surface area contributed by atoms with Gasteiger partial charge in [-0.3, -0.25) is 15.3 Å². The Hall–Kier alpha value is -4.29. The van der Waals surface area contributed by atoms with Gasteiger partial charge >= 0.3 is 0 Å². The number of pyridine rings is 1. The molecule has 1 atom stereocenters. The lowest BCUT2D eigenvalue weighted by Gasteiger charge is -2.21. The number of nitrogens with one attached hydrogen (secondary N) is 4. The van der Waals surface area contributed by atoms with E-state index in [1.807, 2.05) is 32.9 Å². The van der Waals surface area contributed by atoms with Gasteiger partial charge in [0.1, 0.15) is 17.5 Å². The fourth-order valence-corrected chi connectivity index (χ4v) is 4.64. The number of hydrogen-bond donors (Lipinski definition) is 4. The van der Waals surface area contributed by atoms with Gasteiger partial charge in [-0.2, -0.15) is 5.26 Å². The predicted octanol–water partition coefficient (Wildman–Crippen LogP) is 5.45. The van der Waals surface area contributed by atoms with Crippen LogP contribution in [0.4, 0.5) is 10.1 Å². The molecule has 1 aromatic heterocycles. The van der Waals surface area contributed by atoms with Gasteiger partial charge < -0.3 is 16.0 Å². The molecule has 1 aliphatic heterocycles. The summed E-state index contributed by atoms with van der Waals surface area (Å²) >= 11 is 0. The smallest absolute Gasteiger partial charge is 0.131 e. The van der Waals surface area contributed by atoms with Gasteiger partial charge in [0, 0.05) is 61.8 Å². The Balaban J connectivity index is 1.80. The normalized spacial score (nSPS) is 19.0. The molecule has 8 nitrogen and oxygen atoms in total. The first-order valence-electron chi connectivity index (χ1n) is 13.5. The van der Waals surface area contributed by atoms with Crippen molar-refractivity contribution in [3.63, 3.8) is 0 Å². The van der Waals surface area contributed by atoms with E-state index in [1.165, 1.54) is 6.20 Å². The van der Waals surface area contributed by atoms with E-state index in [1.54, 1.807) is 24.4 Å². The van der Waals surface area contributed by atoms with E-state index in [9.17, 15) is 5.26 Å². The van der Waals surface area contributed by atoms with Crippen molar-refractivity contribution in [1.29, 1.82) is 10.7 Å². The molecule has 1 aromatic rings. The van der Waals surface area contributed by atoms with Crippen LogP contribution >= 0.6 is 0 Å². The fraction of sp³-hybridized carbons (Fsp3) is 0.355. The Morgan fingerprint density at radius 2 is 2.15 bits per heavy atom. The highest BCUT2D eigenvalue weighted by Gasteiger charge is 2.19. The van der Waals surface area contributed by atoms with Crippen molar-refractivity contribution in [3.8, 4) is 6.07 Å². The van der Waals surface area contributed by atoms with E-state index in [0.717, 1.165) is 59.8 Å². The average Bonchev–Trinajstić information content (AvgIpc) is 3.17. The third-order valence-electron chi connectivity index (χ3n) is 6.86. The number of aromatic nitrogens is 1. The van der Waals surface area contributed by atoms with E-state index in [0.29, 0.717) is 30.8 Å². The Labute approximate surface area is 237 Å². The van der Waals surface area contributed by atoms with Crippen LogP contribution in [-0.2, 0) is 0 Å². The summed E-state index contributed by atoms with van der Waals surface area (Å²) in [6, 6.07) is 2.13. The molecule has 40 heavy (non-hydrogen) atoms. The minimum Gasteiger partial charge on any atom is -0.387 e. The summed E-state index contributed by atoms with van der Waals surface area (Å²) in [4.78, 5) is 10.9. The number of anilines is 1. The standard InChI is InChI=1S/C31H39FN8/c1-6-8-12-37-31-22(4)27(20-38-23(31)5)26-16-24(9-10-28(26)32)17-30(35-7-2)39-29(34)18-25-11-14-40(15-13-36-25)21(3)19-33/h6-7,10,16-18,20-21,36-37H,1-2,8-9,11-15H2,3-5H3,(H2,34,35,39)/b24-17+,25-18-. The van der Waals surface area contributed by atoms with Crippen LogP contribution < -0.4 is 16.0 Å². The molecule has 1 fully saturated rings. The van der Waals surface area contributed by atoms with Gasteiger partial charge in [0.15, 0.2) is 0 Å². The maximum absolute atomic E-state index is 15.1. The number of aryl methyl sites for hydroxylation is 1. The summed E-state index contributed by atoms with van der Waals surface area (Å²) < 4.78 is 15.1. The van der Waals surface area contributed by atoms with Gasteiger partial charge in [-0.15, -0.1) is 6.58 Å². The second-order valence-electron chi connectivity index (χ2n) is 9.72. The zero-order valence-electron chi connectivity index (χ0n) is 23.6. The van der Waals surface area contributed by atoms with Gasteiger partial charge in [0.05, 0.1) is 23.5 Å². The molecule has 210 valence electrons. The lowest BCUT2D eigenvalue weighted by atomic mass is 9.92. The summed E-state index contributed by atoms with van der Waals surface area (Å²) in [7, 11) is 0. The largest absolute Gasteiger partial charge is 0.387 e. The van der Waals surface area contributed by atoms with E-state index >= 15 is 4.39 Å². The maximum atomic E-state index is 15.1. The minimum atomic E-state index is -0.296. The lowest BCUT2D eigenvalue weighted by molar-refractivity contribution is 0.264. The molecule has 4 N–H and O–H groups in total. The van der Waals surface area contributed by atoms with Crippen molar-refractivity contribution in [2.45, 2.75) is 46.1 Å². The van der Waals surface area contributed by atoms with Gasteiger partial charge in [-0.05, 0) is 69.1 Å². The average molecular weight is 543 g/mol. The first-order valence-corrected chi connectivity index (χ1v) is 13.5. The highest BCUT2D eigenvalue weighted by molar-refractivity contribution is 6.09. The number of allylic oxidation sites excluding steroid dienone is 5. The van der Waals surface area contributed by atoms with Gasteiger partial charge in [-0.1, -0.05) is 12.7 Å². The molecular weight excluding hydrogens is 503 g/mol. The van der Waals surface area contributed by atoms with Crippen LogP contribution in [0.25, 0.3) is 5.57 Å². The zero-order chi connectivity index (χ0) is 29.1. The number of nitriles is 1. The zero-order valence-corrected chi connectivity index (χ0v) is 23.6. The van der Waals surface area contributed by atoms with Crippen LogP contribution in [0.3, 0.4) is 0 Å². The lowest BCUT2D eigenvalue weighted by Crippen LogP contribution is -2.34. The quantitative estimate of drug-likeness (QED) is 0.143. The molecule has 2 heterocycles. The van der Waals surface area contributed by atoms with Crippen molar-refractivity contribution in [1.82, 2.24) is 20.5 Å². The van der Waals surface area contributed by atoms with Crippen LogP contribution in [0.2, 0.25) is 0 Å². The number of hydrogen-bond acceptors (Lipinski definition) is 7. The second kappa shape index (κ2) is 14.8. The Kier molecular flexibility index (Phi) is 11.2. The van der Waals surface area contributed by atoms with E-state index in [4.69, 9.17) is 5.41 Å². The number of aliphatic imine (C=N–C) groups is 1. The molecule has 1 aliphatic carbocycles. The van der Waals surface area contributed by atoms with Crippen molar-refractivity contribution in [2.24, 2.45) is 4.99 Å². The molecule has 0 aromatic carbocycles. The van der Waals surface area contributed by atoms with E-state index in [-0.39, 0.29) is 17.7 Å². The molecule has 0 saturated carbocycles. The van der Waals surface area contributed by atoms with Crippen LogP contribution in [-0.4, -0.2) is 53.8 Å². The van der Waals surface area contributed by atoms with Crippen LogP contribution in [0.1, 0.15) is 43.0 Å². The van der Waals surface area contributed by atoms with E-state index < -0.39 is 0 Å². The molecule has 0 amide bonds. The van der Waals surface area contributed by atoms with Crippen molar-refractivity contribution < 1.29 is 4.39 Å². The molecular formula is C31H39FN8. The van der Waals surface area contributed by atoms with Gasteiger partial charge in [-0.25, -0.2) is 9.38 Å². The summed E-state index contributed by atoms with van der Waals surface area (Å²) in [5.41, 5.74) is 5.62. The maximum Gasteiger partial charge on any atom is 0.131 e. The third kappa shape index (κ3) is 8.10. The fourth-order valence-electron chi connectivity index (χ4n) is 4.64. The number of halogens is 1. The summed E-state index contributed by atoms with van der Waals surface area (Å²) in [5, 5.41) is 27.5. The van der Waals surface area contributed by atoms with Crippen molar-refractivity contribution in [3.05, 3.63) is 89.9 Å². The Morgan fingerprint density at radius 1 is 1.35 bits per heavy atom. The van der Waals surface area contributed by atoms with Crippen LogP contribution in [0.5, 0.6) is 0 Å². The predicted molar refractivity (Wildman–Crippen MR) is 163 cm³/mol. The van der Waals surface area contributed by atoms with Crippen molar-refractivity contribution >= 4 is 22.9 Å². The first-order chi connectivity index (χ1) is 19.3. The van der Waals surface area contributed by atoms with E-state index in [2.05, 4.69) is 50.1 Å². The minimum absolute atomic E-state index is 0.149. The van der Waals surface area contributed by atoms with Crippen LogP contribution in [0.15, 0.2) is 78.0 Å². The van der Waals surface area contributed by atoms with Crippen LogP contribution in [0, 0.1) is 30.6 Å². The molecule has 0 spiro atoms. The summed E-state index contributed by atoms with van der Waals surface area (Å²) in [6.07, 6.45) is 13.8. The second-order valence-corrected chi connectivity index (χ2v) is 9.72. The molecule has 0 bridgehead atoms. The number of amidine groups is 2. The number of nitrogens with zero attached hydrogens (tertiary/aromatic N) is 4. The molecule has 2 aliphatic rings. The molecule has 1 unspecified atom stereocenters. The SMILES string of the molecule is C=CCCNc1c(C)ncc(C2=C/C(=C/C(=N\C=C)NC(=N)/C=C3/CCN(C(C)C#N)CCN3)CC=C2F)c1C. The molecule has 1 saturated heterocycles. The summed E-state index contributed by atoms with van der Waals surface area (Å²) in [5.74, 6) is 0.295. The highest BCUT2D eigenvalue weighted by atomic mass is 19.1. The monoisotopic (exact) mass is 542 g/mol.